The van der Waals surface area contributed by atoms with Gasteiger partial charge in [-0.05, 0) is 0 Å². The monoisotopic (exact) mass is 292 g/mol. The molecule has 0 unspecified atom stereocenters. The molecule has 0 bridgehead atoms. The van der Waals surface area contributed by atoms with Crippen LogP contribution in [-0.4, -0.2) is 16.5 Å². The minimum Gasteiger partial charge on any atom is -0.298 e. The first-order chi connectivity index (χ1) is 10.4. The molecule has 0 amide bonds. The Kier molecular flexibility index (Phi) is 23.5. The summed E-state index contributed by atoms with van der Waals surface area (Å²) in [5.74, 6) is 0. The van der Waals surface area contributed by atoms with E-state index in [0.29, 0.717) is 5.56 Å². The van der Waals surface area contributed by atoms with Crippen LogP contribution in [0, 0.1) is 0 Å². The molecule has 1 N–H and O–H groups in total. The molecular weight excluding hydrogens is 260 g/mol. The maximum Gasteiger partial charge on any atom is 0.153 e. The number of benzene rings is 1. The van der Waals surface area contributed by atoms with Gasteiger partial charge in [0.15, 0.2) is 6.29 Å². The zero-order valence-electron chi connectivity index (χ0n) is 14.9. The smallest absolute Gasteiger partial charge is 0.153 e. The van der Waals surface area contributed by atoms with E-state index in [-0.39, 0.29) is 0 Å². The minimum absolute atomic E-state index is 0.589. The summed E-state index contributed by atoms with van der Waals surface area (Å²) in [5, 5.41) is 6.60. The number of aldehydes is 1. The Balaban J connectivity index is -0.000000353. The third-order valence-corrected chi connectivity index (χ3v) is 1.86. The van der Waals surface area contributed by atoms with E-state index >= 15 is 0 Å². The van der Waals surface area contributed by atoms with Crippen LogP contribution in [-0.2, 0) is 0 Å². The van der Waals surface area contributed by atoms with Crippen LogP contribution in [0.15, 0.2) is 36.5 Å². The second kappa shape index (κ2) is 20.4. The van der Waals surface area contributed by atoms with E-state index < -0.39 is 0 Å². The van der Waals surface area contributed by atoms with Gasteiger partial charge in [-0.15, -0.1) is 0 Å². The zero-order chi connectivity index (χ0) is 17.1. The molecule has 1 heterocycles. The summed E-state index contributed by atoms with van der Waals surface area (Å²) in [6.07, 6.45) is 2.32. The number of hydrogen-bond acceptors (Lipinski definition) is 2. The van der Waals surface area contributed by atoms with Crippen LogP contribution in [0.1, 0.15) is 65.7 Å². The van der Waals surface area contributed by atoms with Gasteiger partial charge in [0.1, 0.15) is 0 Å². The summed E-state index contributed by atoms with van der Waals surface area (Å²) < 4.78 is 0. The van der Waals surface area contributed by atoms with E-state index in [2.05, 4.69) is 10.2 Å². The first-order valence-electron chi connectivity index (χ1n) is 7.96. The molecule has 0 saturated heterocycles. The predicted octanol–water partition coefficient (Wildman–Crippen LogP) is 5.99. The molecule has 2 rings (SSSR count). The van der Waals surface area contributed by atoms with E-state index in [1.165, 1.54) is 6.20 Å². The van der Waals surface area contributed by atoms with Gasteiger partial charge in [-0.3, -0.25) is 9.89 Å². The van der Waals surface area contributed by atoms with Crippen LogP contribution in [0.4, 0.5) is 0 Å². The average Bonchev–Trinajstić information content (AvgIpc) is 3.11. The highest BCUT2D eigenvalue weighted by molar-refractivity contribution is 5.85. The standard InChI is InChI=1S/C10H8N2O.4C2H6/c13-7-9-6-11-12-10(9)8-4-2-1-3-5-8;4*1-2/h1-7H,(H,11,12);4*1-2H3. The fraction of sp³-hybridized carbons (Fsp3) is 0.444. The number of carbonyl (C=O) groups excluding carboxylic acids is 1. The van der Waals surface area contributed by atoms with E-state index in [1.807, 2.05) is 85.7 Å². The normalized spacial score (nSPS) is 7.24. The molecule has 2 aromatic rings. The van der Waals surface area contributed by atoms with Gasteiger partial charge in [-0.2, -0.15) is 5.10 Å². The molecular formula is C18H32N2O. The minimum atomic E-state index is 0.589. The average molecular weight is 292 g/mol. The van der Waals surface area contributed by atoms with Gasteiger partial charge in [0.2, 0.25) is 0 Å². The quantitative estimate of drug-likeness (QED) is 0.690. The Hall–Kier alpha value is -1.90. The van der Waals surface area contributed by atoms with Crippen molar-refractivity contribution in [3.63, 3.8) is 0 Å². The molecule has 21 heavy (non-hydrogen) atoms. The lowest BCUT2D eigenvalue weighted by Crippen LogP contribution is -1.82. The molecule has 0 spiro atoms. The van der Waals surface area contributed by atoms with Gasteiger partial charge >= 0.3 is 0 Å². The van der Waals surface area contributed by atoms with Gasteiger partial charge in [0.25, 0.3) is 0 Å². The SMILES string of the molecule is CC.CC.CC.CC.O=Cc1cn[nH]c1-c1ccccc1. The number of nitrogens with zero attached hydrogens (tertiary/aromatic N) is 1. The Labute approximate surface area is 130 Å². The predicted molar refractivity (Wildman–Crippen MR) is 94.8 cm³/mol. The summed E-state index contributed by atoms with van der Waals surface area (Å²) in [5.41, 5.74) is 2.34. The molecule has 1 aromatic heterocycles. The summed E-state index contributed by atoms with van der Waals surface area (Å²) in [7, 11) is 0. The molecule has 0 radical (unpaired) electrons. The highest BCUT2D eigenvalue weighted by Gasteiger charge is 2.04. The third kappa shape index (κ3) is 9.61. The van der Waals surface area contributed by atoms with Crippen molar-refractivity contribution in [2.24, 2.45) is 0 Å². The van der Waals surface area contributed by atoms with Gasteiger partial charge < -0.3 is 0 Å². The van der Waals surface area contributed by atoms with Crippen LogP contribution in [0.5, 0.6) is 0 Å². The molecule has 0 aliphatic heterocycles. The molecule has 0 fully saturated rings. The summed E-state index contributed by atoms with van der Waals surface area (Å²) in [6.45, 7) is 16.0. The van der Waals surface area contributed by atoms with Gasteiger partial charge in [-0.1, -0.05) is 85.7 Å². The number of hydrogen-bond donors (Lipinski definition) is 1. The molecule has 0 atom stereocenters. The third-order valence-electron chi connectivity index (χ3n) is 1.86. The number of aromatic amines is 1. The molecule has 0 aliphatic carbocycles. The van der Waals surface area contributed by atoms with Crippen LogP contribution < -0.4 is 0 Å². The van der Waals surface area contributed by atoms with Crippen molar-refractivity contribution in [1.29, 1.82) is 0 Å². The van der Waals surface area contributed by atoms with E-state index in [9.17, 15) is 4.79 Å². The molecule has 3 nitrogen and oxygen atoms in total. The Bertz CT molecular complexity index is 408. The number of nitrogens with one attached hydrogen (secondary N) is 1. The fourth-order valence-corrected chi connectivity index (χ4v) is 1.22. The summed E-state index contributed by atoms with van der Waals surface area (Å²) in [4.78, 5) is 10.6. The molecule has 3 heteroatoms. The summed E-state index contributed by atoms with van der Waals surface area (Å²) >= 11 is 0. The maximum atomic E-state index is 10.6. The number of carbonyl (C=O) groups is 1. The number of aromatic nitrogens is 2. The number of rotatable bonds is 2. The highest BCUT2D eigenvalue weighted by atomic mass is 16.1. The van der Waals surface area contributed by atoms with Crippen LogP contribution in [0.2, 0.25) is 0 Å². The lowest BCUT2D eigenvalue weighted by molar-refractivity contribution is 0.112. The van der Waals surface area contributed by atoms with E-state index in [4.69, 9.17) is 0 Å². The van der Waals surface area contributed by atoms with Crippen molar-refractivity contribution in [1.82, 2.24) is 10.2 Å². The largest absolute Gasteiger partial charge is 0.298 e. The van der Waals surface area contributed by atoms with E-state index in [0.717, 1.165) is 17.5 Å². The first kappa shape index (κ1) is 24.1. The van der Waals surface area contributed by atoms with Crippen molar-refractivity contribution < 1.29 is 4.79 Å². The number of H-pyrrole nitrogens is 1. The molecule has 120 valence electrons. The Morgan fingerprint density at radius 1 is 0.857 bits per heavy atom. The molecule has 0 aliphatic rings. The van der Waals surface area contributed by atoms with Crippen molar-refractivity contribution in [3.8, 4) is 11.3 Å². The van der Waals surface area contributed by atoms with Crippen molar-refractivity contribution in [2.45, 2.75) is 55.4 Å². The maximum absolute atomic E-state index is 10.6. The topological polar surface area (TPSA) is 45.8 Å². The van der Waals surface area contributed by atoms with Gasteiger partial charge in [-0.25, -0.2) is 0 Å². The first-order valence-corrected chi connectivity index (χ1v) is 7.96. The van der Waals surface area contributed by atoms with Crippen LogP contribution >= 0.6 is 0 Å². The van der Waals surface area contributed by atoms with Crippen LogP contribution in [0.25, 0.3) is 11.3 Å². The fourth-order valence-electron chi connectivity index (χ4n) is 1.22. The van der Waals surface area contributed by atoms with Gasteiger partial charge in [0.05, 0.1) is 17.5 Å². The highest BCUT2D eigenvalue weighted by Crippen LogP contribution is 2.18. The molecule has 1 aromatic carbocycles. The lowest BCUT2D eigenvalue weighted by atomic mass is 10.1. The van der Waals surface area contributed by atoms with Crippen LogP contribution in [0.3, 0.4) is 0 Å². The Morgan fingerprint density at radius 3 is 1.76 bits per heavy atom. The van der Waals surface area contributed by atoms with Crippen molar-refractivity contribution >= 4 is 6.29 Å². The summed E-state index contributed by atoms with van der Waals surface area (Å²) in [6, 6.07) is 9.64. The lowest BCUT2D eigenvalue weighted by Gasteiger charge is -1.96. The van der Waals surface area contributed by atoms with Crippen molar-refractivity contribution in [2.75, 3.05) is 0 Å². The Morgan fingerprint density at radius 2 is 1.33 bits per heavy atom. The second-order valence-corrected chi connectivity index (χ2v) is 2.68. The second-order valence-electron chi connectivity index (χ2n) is 2.68. The van der Waals surface area contributed by atoms with E-state index in [1.54, 1.807) is 0 Å². The van der Waals surface area contributed by atoms with Crippen molar-refractivity contribution in [3.05, 3.63) is 42.1 Å². The zero-order valence-corrected chi connectivity index (χ0v) is 14.9. The van der Waals surface area contributed by atoms with Gasteiger partial charge in [0, 0.05) is 5.56 Å². The molecule has 0 saturated carbocycles.